The summed E-state index contributed by atoms with van der Waals surface area (Å²) < 4.78 is 1.03. The summed E-state index contributed by atoms with van der Waals surface area (Å²) in [7, 11) is 0. The maximum Gasteiger partial charge on any atom is 0.0451 e. The highest BCUT2D eigenvalue weighted by Crippen LogP contribution is 2.21. The highest BCUT2D eigenvalue weighted by atomic mass is 79.9. The first kappa shape index (κ1) is 15.0. The molecule has 0 aliphatic rings. The molecule has 0 saturated carbocycles. The second-order valence-corrected chi connectivity index (χ2v) is 5.80. The molecule has 0 radical (unpaired) electrons. The first-order valence-corrected chi connectivity index (χ1v) is 7.00. The van der Waals surface area contributed by atoms with E-state index in [2.05, 4.69) is 35.1 Å². The first-order valence-electron chi connectivity index (χ1n) is 5.82. The molecule has 1 aromatic rings. The van der Waals surface area contributed by atoms with E-state index in [0.717, 1.165) is 28.0 Å². The lowest BCUT2D eigenvalue weighted by Gasteiger charge is -2.22. The Bertz CT molecular complexity index is 357. The summed E-state index contributed by atoms with van der Waals surface area (Å²) in [4.78, 5) is 0. The molecule has 0 fully saturated rings. The lowest BCUT2D eigenvalue weighted by Crippen LogP contribution is -2.34. The van der Waals surface area contributed by atoms with Crippen LogP contribution in [0.2, 0.25) is 5.02 Å². The zero-order valence-corrected chi connectivity index (χ0v) is 12.6. The van der Waals surface area contributed by atoms with Gasteiger partial charge in [0.05, 0.1) is 0 Å². The maximum atomic E-state index is 9.01. The lowest BCUT2D eigenvalue weighted by molar-refractivity contribution is 0.244. The van der Waals surface area contributed by atoms with Crippen molar-refractivity contribution in [2.45, 2.75) is 32.9 Å². The molecule has 0 amide bonds. The second-order valence-electron chi connectivity index (χ2n) is 4.48. The van der Waals surface area contributed by atoms with Gasteiger partial charge in [0.15, 0.2) is 0 Å². The number of benzene rings is 1. The van der Waals surface area contributed by atoms with Crippen LogP contribution < -0.4 is 5.32 Å². The van der Waals surface area contributed by atoms with E-state index in [1.807, 2.05) is 18.2 Å². The number of aliphatic hydroxyl groups is 1. The quantitative estimate of drug-likeness (QED) is 0.839. The highest BCUT2D eigenvalue weighted by Gasteiger charge is 2.12. The van der Waals surface area contributed by atoms with Gasteiger partial charge in [0.1, 0.15) is 0 Å². The van der Waals surface area contributed by atoms with Gasteiger partial charge in [-0.3, -0.25) is 0 Å². The molecular formula is C13H19BrClNO. The minimum atomic E-state index is 0.210. The molecule has 0 aromatic heterocycles. The van der Waals surface area contributed by atoms with Gasteiger partial charge in [0.2, 0.25) is 0 Å². The van der Waals surface area contributed by atoms with Crippen LogP contribution in [-0.2, 0) is 6.54 Å². The van der Waals surface area contributed by atoms with Crippen LogP contribution in [0.5, 0.6) is 0 Å². The SMILES string of the molecule is CC(C)C(CCO)NCc1cc(Br)ccc1Cl. The van der Waals surface area contributed by atoms with Gasteiger partial charge in [-0.15, -0.1) is 0 Å². The number of nitrogens with one attached hydrogen (secondary N) is 1. The summed E-state index contributed by atoms with van der Waals surface area (Å²) >= 11 is 9.56. The predicted molar refractivity (Wildman–Crippen MR) is 76.3 cm³/mol. The van der Waals surface area contributed by atoms with Crippen molar-refractivity contribution in [2.24, 2.45) is 5.92 Å². The molecule has 17 heavy (non-hydrogen) atoms. The monoisotopic (exact) mass is 319 g/mol. The number of hydrogen-bond donors (Lipinski definition) is 2. The molecule has 2 N–H and O–H groups in total. The molecule has 1 unspecified atom stereocenters. The zero-order chi connectivity index (χ0) is 12.8. The molecule has 4 heteroatoms. The largest absolute Gasteiger partial charge is 0.396 e. The predicted octanol–water partition coefficient (Wildman–Crippen LogP) is 3.60. The first-order chi connectivity index (χ1) is 8.04. The maximum absolute atomic E-state index is 9.01. The third kappa shape index (κ3) is 4.96. The van der Waals surface area contributed by atoms with Crippen molar-refractivity contribution in [1.82, 2.24) is 5.32 Å². The van der Waals surface area contributed by atoms with Crippen LogP contribution >= 0.6 is 27.5 Å². The Morgan fingerprint density at radius 3 is 2.71 bits per heavy atom. The van der Waals surface area contributed by atoms with E-state index in [1.54, 1.807) is 0 Å². The van der Waals surface area contributed by atoms with Gasteiger partial charge in [-0.2, -0.15) is 0 Å². The summed E-state index contributed by atoms with van der Waals surface area (Å²) in [6, 6.07) is 6.15. The minimum Gasteiger partial charge on any atom is -0.396 e. The molecule has 1 aromatic carbocycles. The Morgan fingerprint density at radius 2 is 2.12 bits per heavy atom. The van der Waals surface area contributed by atoms with Crippen molar-refractivity contribution in [1.29, 1.82) is 0 Å². The summed E-state index contributed by atoms with van der Waals surface area (Å²) in [6.07, 6.45) is 0.767. The van der Waals surface area contributed by atoms with Crippen LogP contribution in [0.3, 0.4) is 0 Å². The molecule has 0 aliphatic carbocycles. The van der Waals surface area contributed by atoms with Gasteiger partial charge >= 0.3 is 0 Å². The summed E-state index contributed by atoms with van der Waals surface area (Å²) in [5, 5.41) is 13.2. The van der Waals surface area contributed by atoms with E-state index in [-0.39, 0.29) is 6.61 Å². The molecule has 1 rings (SSSR count). The molecule has 0 spiro atoms. The number of halogens is 2. The van der Waals surface area contributed by atoms with Gasteiger partial charge in [-0.05, 0) is 36.1 Å². The summed E-state index contributed by atoms with van der Waals surface area (Å²) in [5.74, 6) is 0.494. The van der Waals surface area contributed by atoms with Crippen molar-refractivity contribution in [3.05, 3.63) is 33.3 Å². The van der Waals surface area contributed by atoms with Gasteiger partial charge in [-0.1, -0.05) is 41.4 Å². The number of rotatable bonds is 6. The van der Waals surface area contributed by atoms with Crippen molar-refractivity contribution in [3.8, 4) is 0 Å². The third-order valence-corrected chi connectivity index (χ3v) is 3.67. The fourth-order valence-corrected chi connectivity index (χ4v) is 2.32. The fraction of sp³-hybridized carbons (Fsp3) is 0.538. The van der Waals surface area contributed by atoms with Gasteiger partial charge in [-0.25, -0.2) is 0 Å². The van der Waals surface area contributed by atoms with E-state index in [0.29, 0.717) is 12.0 Å². The molecule has 1 atom stereocenters. The Kier molecular flexibility index (Phi) is 6.49. The molecule has 0 bridgehead atoms. The van der Waals surface area contributed by atoms with Crippen molar-refractivity contribution >= 4 is 27.5 Å². The van der Waals surface area contributed by atoms with E-state index >= 15 is 0 Å². The molecule has 0 heterocycles. The molecule has 0 aliphatic heterocycles. The second kappa shape index (κ2) is 7.37. The smallest absolute Gasteiger partial charge is 0.0451 e. The van der Waals surface area contributed by atoms with Crippen LogP contribution in [-0.4, -0.2) is 17.8 Å². The average molecular weight is 321 g/mol. The molecule has 0 saturated heterocycles. The van der Waals surface area contributed by atoms with E-state index < -0.39 is 0 Å². The van der Waals surface area contributed by atoms with Crippen LogP contribution in [0.25, 0.3) is 0 Å². The standard InChI is InChI=1S/C13H19BrClNO/c1-9(2)13(5-6-17)16-8-10-7-11(14)3-4-12(10)15/h3-4,7,9,13,16-17H,5-6,8H2,1-2H3. The fourth-order valence-electron chi connectivity index (χ4n) is 1.73. The lowest BCUT2D eigenvalue weighted by atomic mass is 10.0. The topological polar surface area (TPSA) is 32.3 Å². The molecule has 2 nitrogen and oxygen atoms in total. The summed E-state index contributed by atoms with van der Waals surface area (Å²) in [5.41, 5.74) is 1.07. The Balaban J connectivity index is 2.61. The van der Waals surface area contributed by atoms with Gasteiger partial charge in [0, 0.05) is 28.7 Å². The Morgan fingerprint density at radius 1 is 1.41 bits per heavy atom. The number of hydrogen-bond acceptors (Lipinski definition) is 2. The van der Waals surface area contributed by atoms with Crippen molar-refractivity contribution in [3.63, 3.8) is 0 Å². The normalized spacial score (nSPS) is 13.1. The Hall–Kier alpha value is -0.0900. The number of aliphatic hydroxyl groups excluding tert-OH is 1. The average Bonchev–Trinajstić information content (AvgIpc) is 2.28. The molecule has 96 valence electrons. The molecular weight excluding hydrogens is 302 g/mol. The van der Waals surface area contributed by atoms with Crippen LogP contribution in [0.4, 0.5) is 0 Å². The summed E-state index contributed by atoms with van der Waals surface area (Å²) in [6.45, 7) is 5.23. The van der Waals surface area contributed by atoms with Crippen LogP contribution in [0, 0.1) is 5.92 Å². The van der Waals surface area contributed by atoms with Crippen LogP contribution in [0.15, 0.2) is 22.7 Å². The third-order valence-electron chi connectivity index (χ3n) is 2.81. The van der Waals surface area contributed by atoms with E-state index in [9.17, 15) is 0 Å². The van der Waals surface area contributed by atoms with Crippen molar-refractivity contribution < 1.29 is 5.11 Å². The Labute approximate surface area is 117 Å². The minimum absolute atomic E-state index is 0.210. The van der Waals surface area contributed by atoms with Crippen molar-refractivity contribution in [2.75, 3.05) is 6.61 Å². The van der Waals surface area contributed by atoms with Gasteiger partial charge < -0.3 is 10.4 Å². The van der Waals surface area contributed by atoms with E-state index in [1.165, 1.54) is 0 Å². The van der Waals surface area contributed by atoms with Crippen LogP contribution in [0.1, 0.15) is 25.8 Å². The van der Waals surface area contributed by atoms with Gasteiger partial charge in [0.25, 0.3) is 0 Å². The zero-order valence-electron chi connectivity index (χ0n) is 10.2. The van der Waals surface area contributed by atoms with E-state index in [4.69, 9.17) is 16.7 Å². The highest BCUT2D eigenvalue weighted by molar-refractivity contribution is 9.10.